The van der Waals surface area contributed by atoms with Gasteiger partial charge in [-0.1, -0.05) is 0 Å². The Balaban J connectivity index is 1.79. The second-order valence-corrected chi connectivity index (χ2v) is 5.48. The van der Waals surface area contributed by atoms with Crippen molar-refractivity contribution in [1.29, 1.82) is 0 Å². The molecule has 0 saturated carbocycles. The lowest BCUT2D eigenvalue weighted by molar-refractivity contribution is 0.102. The molecular formula is C18H18N4O. The largest absolute Gasteiger partial charge is 0.322 e. The van der Waals surface area contributed by atoms with Crippen LogP contribution in [0.15, 0.2) is 49.1 Å². The maximum Gasteiger partial charge on any atom is 0.257 e. The van der Waals surface area contributed by atoms with Gasteiger partial charge in [0.2, 0.25) is 0 Å². The van der Waals surface area contributed by atoms with Crippen molar-refractivity contribution in [3.8, 4) is 5.69 Å². The molecule has 0 atom stereocenters. The zero-order valence-corrected chi connectivity index (χ0v) is 13.4. The van der Waals surface area contributed by atoms with E-state index >= 15 is 0 Å². The Kier molecular flexibility index (Phi) is 3.93. The SMILES string of the molecule is Cc1ccncc1C(=O)Nc1ccc(-n2cnc(C)c2C)cc1. The highest BCUT2D eigenvalue weighted by Gasteiger charge is 2.09. The topological polar surface area (TPSA) is 59.8 Å². The van der Waals surface area contributed by atoms with Gasteiger partial charge in [-0.25, -0.2) is 4.98 Å². The van der Waals surface area contributed by atoms with Gasteiger partial charge in [-0.15, -0.1) is 0 Å². The molecule has 3 aromatic rings. The first-order valence-corrected chi connectivity index (χ1v) is 7.39. The number of nitrogens with zero attached hydrogens (tertiary/aromatic N) is 3. The normalized spacial score (nSPS) is 10.6. The molecular weight excluding hydrogens is 288 g/mol. The summed E-state index contributed by atoms with van der Waals surface area (Å²) in [7, 11) is 0. The Labute approximate surface area is 135 Å². The summed E-state index contributed by atoms with van der Waals surface area (Å²) >= 11 is 0. The van der Waals surface area contributed by atoms with Gasteiger partial charge < -0.3 is 9.88 Å². The Morgan fingerprint density at radius 3 is 2.43 bits per heavy atom. The number of carbonyl (C=O) groups excluding carboxylic acids is 1. The van der Waals surface area contributed by atoms with Crippen molar-refractivity contribution in [2.75, 3.05) is 5.32 Å². The molecule has 0 aliphatic rings. The Bertz CT molecular complexity index is 850. The third kappa shape index (κ3) is 2.99. The van der Waals surface area contributed by atoms with E-state index in [-0.39, 0.29) is 5.91 Å². The van der Waals surface area contributed by atoms with Gasteiger partial charge in [0.1, 0.15) is 0 Å². The number of pyridine rings is 1. The Hall–Kier alpha value is -2.95. The monoisotopic (exact) mass is 306 g/mol. The summed E-state index contributed by atoms with van der Waals surface area (Å²) in [6.45, 7) is 5.91. The number of amides is 1. The van der Waals surface area contributed by atoms with Crippen molar-refractivity contribution < 1.29 is 4.79 Å². The van der Waals surface area contributed by atoms with E-state index in [1.165, 1.54) is 0 Å². The fourth-order valence-corrected chi connectivity index (χ4v) is 2.36. The Morgan fingerprint density at radius 1 is 1.09 bits per heavy atom. The lowest BCUT2D eigenvalue weighted by Gasteiger charge is -2.09. The third-order valence-corrected chi connectivity index (χ3v) is 3.94. The minimum Gasteiger partial charge on any atom is -0.322 e. The lowest BCUT2D eigenvalue weighted by Crippen LogP contribution is -2.13. The number of anilines is 1. The van der Waals surface area contributed by atoms with E-state index in [2.05, 4.69) is 15.3 Å². The van der Waals surface area contributed by atoms with Crippen LogP contribution in [-0.4, -0.2) is 20.4 Å². The molecule has 0 aliphatic carbocycles. The van der Waals surface area contributed by atoms with Crippen LogP contribution in [0.3, 0.4) is 0 Å². The van der Waals surface area contributed by atoms with E-state index in [0.717, 1.165) is 28.3 Å². The molecule has 0 aliphatic heterocycles. The van der Waals surface area contributed by atoms with E-state index in [4.69, 9.17) is 0 Å². The molecule has 1 aromatic carbocycles. The van der Waals surface area contributed by atoms with E-state index in [0.29, 0.717) is 5.56 Å². The van der Waals surface area contributed by atoms with Crippen LogP contribution in [0, 0.1) is 20.8 Å². The molecule has 116 valence electrons. The molecule has 1 amide bonds. The zero-order chi connectivity index (χ0) is 16.4. The van der Waals surface area contributed by atoms with Crippen molar-refractivity contribution in [3.63, 3.8) is 0 Å². The number of nitrogens with one attached hydrogen (secondary N) is 1. The van der Waals surface area contributed by atoms with Gasteiger partial charge in [-0.3, -0.25) is 9.78 Å². The summed E-state index contributed by atoms with van der Waals surface area (Å²) in [5, 5.41) is 2.89. The third-order valence-electron chi connectivity index (χ3n) is 3.94. The molecule has 0 unspecified atom stereocenters. The molecule has 5 heteroatoms. The number of aryl methyl sites for hydroxylation is 2. The number of carbonyl (C=O) groups is 1. The van der Waals surface area contributed by atoms with Gasteiger partial charge in [0.25, 0.3) is 5.91 Å². The van der Waals surface area contributed by atoms with Crippen LogP contribution in [0.5, 0.6) is 0 Å². The number of hydrogen-bond donors (Lipinski definition) is 1. The maximum atomic E-state index is 12.3. The summed E-state index contributed by atoms with van der Waals surface area (Å²) in [6.07, 6.45) is 5.06. The van der Waals surface area contributed by atoms with Crippen molar-refractivity contribution in [2.45, 2.75) is 20.8 Å². The highest BCUT2D eigenvalue weighted by Crippen LogP contribution is 2.17. The van der Waals surface area contributed by atoms with Crippen LogP contribution < -0.4 is 5.32 Å². The van der Waals surface area contributed by atoms with Crippen LogP contribution in [-0.2, 0) is 0 Å². The fourth-order valence-electron chi connectivity index (χ4n) is 2.36. The molecule has 1 N–H and O–H groups in total. The average molecular weight is 306 g/mol. The predicted octanol–water partition coefficient (Wildman–Crippen LogP) is 3.44. The quantitative estimate of drug-likeness (QED) is 0.806. The van der Waals surface area contributed by atoms with Crippen LogP contribution in [0.2, 0.25) is 0 Å². The van der Waals surface area contributed by atoms with E-state index in [9.17, 15) is 4.79 Å². The summed E-state index contributed by atoms with van der Waals surface area (Å²) in [4.78, 5) is 20.6. The molecule has 0 fully saturated rings. The molecule has 5 nitrogen and oxygen atoms in total. The summed E-state index contributed by atoms with van der Waals surface area (Å²) in [5.41, 5.74) is 5.36. The summed E-state index contributed by atoms with van der Waals surface area (Å²) < 4.78 is 2.02. The van der Waals surface area contributed by atoms with Crippen LogP contribution in [0.1, 0.15) is 27.3 Å². The van der Waals surface area contributed by atoms with Gasteiger partial charge in [0.15, 0.2) is 0 Å². The first kappa shape index (κ1) is 15.0. The Morgan fingerprint density at radius 2 is 1.83 bits per heavy atom. The highest BCUT2D eigenvalue weighted by atomic mass is 16.1. The highest BCUT2D eigenvalue weighted by molar-refractivity contribution is 6.05. The lowest BCUT2D eigenvalue weighted by atomic mass is 10.1. The number of aromatic nitrogens is 3. The van der Waals surface area contributed by atoms with Gasteiger partial charge in [0, 0.05) is 29.5 Å². The first-order chi connectivity index (χ1) is 11.1. The van der Waals surface area contributed by atoms with Gasteiger partial charge in [-0.05, 0) is 56.7 Å². The molecule has 2 aromatic heterocycles. The molecule has 0 spiro atoms. The number of benzene rings is 1. The molecule has 2 heterocycles. The second-order valence-electron chi connectivity index (χ2n) is 5.48. The van der Waals surface area contributed by atoms with Crippen molar-refractivity contribution >= 4 is 11.6 Å². The summed E-state index contributed by atoms with van der Waals surface area (Å²) in [6, 6.07) is 9.50. The molecule has 23 heavy (non-hydrogen) atoms. The van der Waals surface area contributed by atoms with E-state index in [1.807, 2.05) is 55.7 Å². The number of hydrogen-bond acceptors (Lipinski definition) is 3. The van der Waals surface area contributed by atoms with Crippen LogP contribution in [0.25, 0.3) is 5.69 Å². The number of imidazole rings is 1. The minimum absolute atomic E-state index is 0.155. The van der Waals surface area contributed by atoms with Crippen molar-refractivity contribution in [2.24, 2.45) is 0 Å². The maximum absolute atomic E-state index is 12.3. The zero-order valence-electron chi connectivity index (χ0n) is 13.4. The van der Waals surface area contributed by atoms with Gasteiger partial charge >= 0.3 is 0 Å². The van der Waals surface area contributed by atoms with Crippen molar-refractivity contribution in [1.82, 2.24) is 14.5 Å². The molecule has 3 rings (SSSR count). The standard InChI is InChI=1S/C18H18N4O/c1-12-8-9-19-10-17(12)18(23)21-15-4-6-16(7-5-15)22-11-20-13(2)14(22)3/h4-11H,1-3H3,(H,21,23). The second kappa shape index (κ2) is 6.04. The smallest absolute Gasteiger partial charge is 0.257 e. The predicted molar refractivity (Wildman–Crippen MR) is 90.0 cm³/mol. The first-order valence-electron chi connectivity index (χ1n) is 7.39. The number of rotatable bonds is 3. The van der Waals surface area contributed by atoms with Gasteiger partial charge in [0.05, 0.1) is 17.6 Å². The molecule has 0 saturated heterocycles. The van der Waals surface area contributed by atoms with E-state index < -0.39 is 0 Å². The van der Waals surface area contributed by atoms with Crippen LogP contribution in [0.4, 0.5) is 5.69 Å². The minimum atomic E-state index is -0.155. The average Bonchev–Trinajstić information content (AvgIpc) is 2.88. The molecule has 0 radical (unpaired) electrons. The fraction of sp³-hybridized carbons (Fsp3) is 0.167. The summed E-state index contributed by atoms with van der Waals surface area (Å²) in [5.74, 6) is -0.155. The van der Waals surface area contributed by atoms with E-state index in [1.54, 1.807) is 18.7 Å². The molecule has 0 bridgehead atoms. The van der Waals surface area contributed by atoms with Crippen molar-refractivity contribution in [3.05, 3.63) is 71.6 Å². The van der Waals surface area contributed by atoms with Gasteiger partial charge in [-0.2, -0.15) is 0 Å². The van der Waals surface area contributed by atoms with Crippen LogP contribution >= 0.6 is 0 Å².